The van der Waals surface area contributed by atoms with Gasteiger partial charge in [-0.2, -0.15) is 5.26 Å². The molecule has 1 aromatic carbocycles. The van der Waals surface area contributed by atoms with E-state index in [9.17, 15) is 4.79 Å². The highest BCUT2D eigenvalue weighted by Crippen LogP contribution is 2.30. The third-order valence-electron chi connectivity index (χ3n) is 2.43. The van der Waals surface area contributed by atoms with Gasteiger partial charge in [-0.1, -0.05) is 6.07 Å². The number of nitrogens with one attached hydrogen (secondary N) is 1. The molecule has 0 spiro atoms. The molecule has 0 atom stereocenters. The van der Waals surface area contributed by atoms with Crippen molar-refractivity contribution in [1.82, 2.24) is 5.32 Å². The van der Waals surface area contributed by atoms with Gasteiger partial charge in [-0.25, -0.2) is 0 Å². The Labute approximate surface area is 93.8 Å². The van der Waals surface area contributed by atoms with Crippen LogP contribution in [0.25, 0.3) is 0 Å². The summed E-state index contributed by atoms with van der Waals surface area (Å²) >= 11 is 0. The second kappa shape index (κ2) is 4.23. The molecule has 1 saturated carbocycles. The summed E-state index contributed by atoms with van der Waals surface area (Å²) in [5.41, 5.74) is 0.678. The molecule has 0 aliphatic heterocycles. The lowest BCUT2D eigenvalue weighted by molar-refractivity contribution is 0.0962. The molecule has 0 unspecified atom stereocenters. The van der Waals surface area contributed by atoms with Gasteiger partial charge in [0, 0.05) is 7.05 Å². The predicted octanol–water partition coefficient (Wildman–Crippen LogP) is 1.46. The minimum Gasteiger partial charge on any atom is -0.489 e. The highest BCUT2D eigenvalue weighted by Gasteiger charge is 2.25. The molecule has 1 aromatic rings. The number of rotatable bonds is 3. The Kier molecular flexibility index (Phi) is 2.78. The first-order valence-electron chi connectivity index (χ1n) is 5.18. The summed E-state index contributed by atoms with van der Waals surface area (Å²) in [6.07, 6.45) is 2.26. The van der Waals surface area contributed by atoms with Crippen molar-refractivity contribution in [3.63, 3.8) is 0 Å². The molecule has 1 fully saturated rings. The van der Waals surface area contributed by atoms with E-state index in [1.165, 1.54) is 7.05 Å². The van der Waals surface area contributed by atoms with Crippen LogP contribution in [0.15, 0.2) is 18.2 Å². The standard InChI is InChI=1S/C12H12N2O2/c1-14-12(15)9-3-2-4-11(10(9)7-13)16-8-5-6-8/h2-4,8H,5-6H2,1H3,(H,14,15). The van der Waals surface area contributed by atoms with E-state index in [0.29, 0.717) is 16.9 Å². The fraction of sp³-hybridized carbons (Fsp3) is 0.333. The number of carbonyl (C=O) groups is 1. The van der Waals surface area contributed by atoms with E-state index >= 15 is 0 Å². The fourth-order valence-corrected chi connectivity index (χ4v) is 1.43. The highest BCUT2D eigenvalue weighted by molar-refractivity contribution is 5.97. The van der Waals surface area contributed by atoms with Crippen molar-refractivity contribution in [1.29, 1.82) is 5.26 Å². The van der Waals surface area contributed by atoms with Gasteiger partial charge in [-0.3, -0.25) is 4.79 Å². The zero-order valence-electron chi connectivity index (χ0n) is 8.99. The second-order valence-corrected chi connectivity index (χ2v) is 3.69. The Bertz CT molecular complexity index is 459. The summed E-state index contributed by atoms with van der Waals surface area (Å²) in [6.45, 7) is 0. The van der Waals surface area contributed by atoms with Gasteiger partial charge in [0.2, 0.25) is 0 Å². The zero-order chi connectivity index (χ0) is 11.5. The maximum atomic E-state index is 11.5. The van der Waals surface area contributed by atoms with Gasteiger partial charge in [0.15, 0.2) is 0 Å². The van der Waals surface area contributed by atoms with Crippen molar-refractivity contribution < 1.29 is 9.53 Å². The lowest BCUT2D eigenvalue weighted by Gasteiger charge is -2.09. The minimum atomic E-state index is -0.266. The average Bonchev–Trinajstić information content (AvgIpc) is 3.11. The van der Waals surface area contributed by atoms with Crippen LogP contribution >= 0.6 is 0 Å². The lowest BCUT2D eigenvalue weighted by atomic mass is 10.1. The normalized spacial score (nSPS) is 14.0. The smallest absolute Gasteiger partial charge is 0.252 e. The van der Waals surface area contributed by atoms with Crippen molar-refractivity contribution in [3.05, 3.63) is 29.3 Å². The number of nitriles is 1. The molecular weight excluding hydrogens is 204 g/mol. The summed E-state index contributed by atoms with van der Waals surface area (Å²) in [5, 5.41) is 11.6. The SMILES string of the molecule is CNC(=O)c1cccc(OC2CC2)c1C#N. The first kappa shape index (κ1) is 10.5. The van der Waals surface area contributed by atoms with Crippen molar-refractivity contribution in [3.8, 4) is 11.8 Å². The first-order valence-corrected chi connectivity index (χ1v) is 5.18. The van der Waals surface area contributed by atoms with Crippen LogP contribution in [0.5, 0.6) is 5.75 Å². The van der Waals surface area contributed by atoms with E-state index in [4.69, 9.17) is 10.00 Å². The van der Waals surface area contributed by atoms with Crippen LogP contribution < -0.4 is 10.1 Å². The molecule has 1 aliphatic rings. The number of amides is 1. The van der Waals surface area contributed by atoms with Gasteiger partial charge in [0.25, 0.3) is 5.91 Å². The molecule has 4 nitrogen and oxygen atoms in total. The molecule has 0 bridgehead atoms. The topological polar surface area (TPSA) is 62.1 Å². The fourth-order valence-electron chi connectivity index (χ4n) is 1.43. The molecule has 1 aliphatic carbocycles. The number of carbonyl (C=O) groups excluding carboxylic acids is 1. The van der Waals surface area contributed by atoms with E-state index in [2.05, 4.69) is 5.32 Å². The molecule has 82 valence electrons. The molecule has 1 N–H and O–H groups in total. The number of benzene rings is 1. The summed E-state index contributed by atoms with van der Waals surface area (Å²) in [4.78, 5) is 11.5. The van der Waals surface area contributed by atoms with Crippen LogP contribution in [-0.2, 0) is 0 Å². The van der Waals surface area contributed by atoms with Gasteiger partial charge in [0.1, 0.15) is 17.4 Å². The Hall–Kier alpha value is -2.02. The Morgan fingerprint density at radius 3 is 2.88 bits per heavy atom. The van der Waals surface area contributed by atoms with Crippen molar-refractivity contribution >= 4 is 5.91 Å². The Balaban J connectivity index is 2.37. The summed E-state index contributed by atoms with van der Waals surface area (Å²) in [6, 6.07) is 7.10. The molecule has 0 radical (unpaired) electrons. The molecule has 0 heterocycles. The molecular formula is C12H12N2O2. The average molecular weight is 216 g/mol. The van der Waals surface area contributed by atoms with Crippen molar-refractivity contribution in [2.45, 2.75) is 18.9 Å². The summed E-state index contributed by atoms with van der Waals surface area (Å²) in [5.74, 6) is 0.240. The molecule has 1 amide bonds. The van der Waals surface area contributed by atoms with Gasteiger partial charge >= 0.3 is 0 Å². The third-order valence-corrected chi connectivity index (χ3v) is 2.43. The van der Waals surface area contributed by atoms with Gasteiger partial charge in [-0.05, 0) is 25.0 Å². The lowest BCUT2D eigenvalue weighted by Crippen LogP contribution is -2.19. The van der Waals surface area contributed by atoms with Gasteiger partial charge in [0.05, 0.1) is 11.7 Å². The van der Waals surface area contributed by atoms with Gasteiger partial charge in [-0.15, -0.1) is 0 Å². The van der Waals surface area contributed by atoms with E-state index in [1.807, 2.05) is 6.07 Å². The monoisotopic (exact) mass is 216 g/mol. The minimum absolute atomic E-state index is 0.215. The van der Waals surface area contributed by atoms with Crippen LogP contribution in [0.4, 0.5) is 0 Å². The maximum Gasteiger partial charge on any atom is 0.252 e. The highest BCUT2D eigenvalue weighted by atomic mass is 16.5. The van der Waals surface area contributed by atoms with Crippen LogP contribution in [0.1, 0.15) is 28.8 Å². The van der Waals surface area contributed by atoms with Crippen molar-refractivity contribution in [2.24, 2.45) is 0 Å². The van der Waals surface area contributed by atoms with E-state index in [1.54, 1.807) is 18.2 Å². The maximum absolute atomic E-state index is 11.5. The molecule has 0 aromatic heterocycles. The molecule has 4 heteroatoms. The van der Waals surface area contributed by atoms with E-state index < -0.39 is 0 Å². The van der Waals surface area contributed by atoms with Gasteiger partial charge < -0.3 is 10.1 Å². The second-order valence-electron chi connectivity index (χ2n) is 3.69. The predicted molar refractivity (Wildman–Crippen MR) is 58.2 cm³/mol. The summed E-state index contributed by atoms with van der Waals surface area (Å²) < 4.78 is 5.58. The van der Waals surface area contributed by atoms with Crippen LogP contribution in [0.3, 0.4) is 0 Å². The number of nitrogens with zero attached hydrogens (tertiary/aromatic N) is 1. The van der Waals surface area contributed by atoms with Crippen LogP contribution in [0, 0.1) is 11.3 Å². The molecule has 2 rings (SSSR count). The zero-order valence-corrected chi connectivity index (χ0v) is 8.99. The quantitative estimate of drug-likeness (QED) is 0.832. The largest absolute Gasteiger partial charge is 0.489 e. The van der Waals surface area contributed by atoms with E-state index in [-0.39, 0.29) is 12.0 Å². The molecule has 0 saturated heterocycles. The summed E-state index contributed by atoms with van der Waals surface area (Å²) in [7, 11) is 1.54. The van der Waals surface area contributed by atoms with Crippen molar-refractivity contribution in [2.75, 3.05) is 7.05 Å². The number of hydrogen-bond acceptors (Lipinski definition) is 3. The molecule has 16 heavy (non-hydrogen) atoms. The number of hydrogen-bond donors (Lipinski definition) is 1. The van der Waals surface area contributed by atoms with Crippen LogP contribution in [-0.4, -0.2) is 19.1 Å². The number of ether oxygens (including phenoxy) is 1. The van der Waals surface area contributed by atoms with Crippen LogP contribution in [0.2, 0.25) is 0 Å². The first-order chi connectivity index (χ1) is 7.76. The van der Waals surface area contributed by atoms with E-state index in [0.717, 1.165) is 12.8 Å². The Morgan fingerprint density at radius 1 is 1.56 bits per heavy atom. The Morgan fingerprint density at radius 2 is 2.31 bits per heavy atom. The third kappa shape index (κ3) is 1.98.